The maximum absolute atomic E-state index is 10.7. The predicted octanol–water partition coefficient (Wildman–Crippen LogP) is 3.36. The monoisotopic (exact) mass is 310 g/mol. The molecule has 21 heavy (non-hydrogen) atoms. The summed E-state index contributed by atoms with van der Waals surface area (Å²) in [6.07, 6.45) is 4.90. The number of hydrogen-bond donors (Lipinski definition) is 2. The molecule has 0 heterocycles. The smallest absolute Gasteiger partial charge is 0.0774 e. The van der Waals surface area contributed by atoms with Crippen LogP contribution in [-0.2, 0) is 0 Å². The lowest BCUT2D eigenvalue weighted by molar-refractivity contribution is 0.00165. The van der Waals surface area contributed by atoms with Gasteiger partial charge in [0.05, 0.1) is 5.60 Å². The average Bonchev–Trinajstić information content (AvgIpc) is 2.85. The van der Waals surface area contributed by atoms with E-state index in [1.807, 2.05) is 18.2 Å². The Bertz CT molecular complexity index is 460. The molecule has 0 saturated heterocycles. The summed E-state index contributed by atoms with van der Waals surface area (Å²) < 4.78 is 0. The van der Waals surface area contributed by atoms with Gasteiger partial charge < -0.3 is 10.8 Å². The van der Waals surface area contributed by atoms with Crippen LogP contribution in [0.5, 0.6) is 0 Å². The Morgan fingerprint density at radius 2 is 2.05 bits per heavy atom. The molecule has 0 radical (unpaired) electrons. The van der Waals surface area contributed by atoms with Crippen LogP contribution in [0.2, 0.25) is 5.02 Å². The number of rotatable bonds is 6. The van der Waals surface area contributed by atoms with E-state index >= 15 is 0 Å². The van der Waals surface area contributed by atoms with Crippen LogP contribution in [0, 0.1) is 0 Å². The van der Waals surface area contributed by atoms with Crippen molar-refractivity contribution in [2.75, 3.05) is 13.6 Å². The van der Waals surface area contributed by atoms with E-state index in [-0.39, 0.29) is 12.1 Å². The summed E-state index contributed by atoms with van der Waals surface area (Å²) in [6, 6.07) is 8.00. The first kappa shape index (κ1) is 16.8. The van der Waals surface area contributed by atoms with Crippen molar-refractivity contribution in [1.29, 1.82) is 0 Å². The standard InChI is InChI=1S/C17H27ClN2O/c1-3-15(19)16(13-7-6-8-14(18)11-13)20(2)12-17(21)9-4-5-10-17/h6-8,11,15-16,21H,3-5,9-10,12,19H2,1-2H3. The van der Waals surface area contributed by atoms with Crippen molar-refractivity contribution in [3.05, 3.63) is 34.9 Å². The van der Waals surface area contributed by atoms with Crippen molar-refractivity contribution >= 4 is 11.6 Å². The zero-order chi connectivity index (χ0) is 15.5. The number of nitrogens with zero attached hydrogens (tertiary/aromatic N) is 1. The number of aliphatic hydroxyl groups is 1. The molecule has 0 bridgehead atoms. The number of halogens is 1. The maximum atomic E-state index is 10.7. The molecular formula is C17H27ClN2O. The van der Waals surface area contributed by atoms with E-state index in [1.165, 1.54) is 0 Å². The molecule has 1 aliphatic carbocycles. The molecule has 1 aromatic carbocycles. The second kappa shape index (κ2) is 7.10. The van der Waals surface area contributed by atoms with Gasteiger partial charge in [-0.1, -0.05) is 43.5 Å². The van der Waals surface area contributed by atoms with E-state index in [1.54, 1.807) is 0 Å². The van der Waals surface area contributed by atoms with Crippen molar-refractivity contribution in [3.8, 4) is 0 Å². The molecule has 3 nitrogen and oxygen atoms in total. The Labute approximate surface area is 133 Å². The molecular weight excluding hydrogens is 284 g/mol. The summed E-state index contributed by atoms with van der Waals surface area (Å²) >= 11 is 6.13. The van der Waals surface area contributed by atoms with Gasteiger partial charge in [0.25, 0.3) is 0 Å². The fraction of sp³-hybridized carbons (Fsp3) is 0.647. The molecule has 0 aromatic heterocycles. The fourth-order valence-electron chi connectivity index (χ4n) is 3.50. The Morgan fingerprint density at radius 3 is 2.62 bits per heavy atom. The molecule has 118 valence electrons. The van der Waals surface area contributed by atoms with Gasteiger partial charge in [-0.25, -0.2) is 0 Å². The quantitative estimate of drug-likeness (QED) is 0.847. The first-order valence-electron chi connectivity index (χ1n) is 7.89. The third kappa shape index (κ3) is 4.19. The van der Waals surface area contributed by atoms with Crippen LogP contribution in [-0.4, -0.2) is 35.2 Å². The molecule has 2 unspecified atom stereocenters. The topological polar surface area (TPSA) is 49.5 Å². The first-order valence-corrected chi connectivity index (χ1v) is 8.26. The number of likely N-dealkylation sites (N-methyl/N-ethyl adjacent to an activating group) is 1. The summed E-state index contributed by atoms with van der Waals surface area (Å²) in [5.74, 6) is 0. The summed E-state index contributed by atoms with van der Waals surface area (Å²) in [4.78, 5) is 2.20. The van der Waals surface area contributed by atoms with E-state index in [0.29, 0.717) is 6.54 Å². The van der Waals surface area contributed by atoms with Gasteiger partial charge in [0, 0.05) is 23.7 Å². The molecule has 0 spiro atoms. The normalized spacial score (nSPS) is 20.7. The van der Waals surface area contributed by atoms with Crippen LogP contribution >= 0.6 is 11.6 Å². The molecule has 1 aliphatic rings. The third-order valence-electron chi connectivity index (χ3n) is 4.62. The molecule has 0 aliphatic heterocycles. The summed E-state index contributed by atoms with van der Waals surface area (Å²) in [5, 5.41) is 11.4. The highest BCUT2D eigenvalue weighted by Crippen LogP contribution is 2.33. The Balaban J connectivity index is 2.19. The zero-order valence-electron chi connectivity index (χ0n) is 13.1. The van der Waals surface area contributed by atoms with E-state index < -0.39 is 5.60 Å². The van der Waals surface area contributed by atoms with Crippen LogP contribution in [0.3, 0.4) is 0 Å². The van der Waals surface area contributed by atoms with E-state index in [0.717, 1.165) is 42.7 Å². The lowest BCUT2D eigenvalue weighted by atomic mass is 9.94. The molecule has 3 N–H and O–H groups in total. The summed E-state index contributed by atoms with van der Waals surface area (Å²) in [7, 11) is 2.05. The second-order valence-electron chi connectivity index (χ2n) is 6.42. The molecule has 1 saturated carbocycles. The van der Waals surface area contributed by atoms with Crippen molar-refractivity contribution in [2.24, 2.45) is 5.73 Å². The van der Waals surface area contributed by atoms with Crippen molar-refractivity contribution in [1.82, 2.24) is 4.90 Å². The van der Waals surface area contributed by atoms with Crippen molar-refractivity contribution in [3.63, 3.8) is 0 Å². The maximum Gasteiger partial charge on any atom is 0.0774 e. The number of benzene rings is 1. The Morgan fingerprint density at radius 1 is 1.38 bits per heavy atom. The Kier molecular flexibility index (Phi) is 5.67. The average molecular weight is 311 g/mol. The minimum Gasteiger partial charge on any atom is -0.389 e. The van der Waals surface area contributed by atoms with E-state index in [4.69, 9.17) is 17.3 Å². The minimum atomic E-state index is -0.557. The van der Waals surface area contributed by atoms with Gasteiger partial charge in [0.15, 0.2) is 0 Å². The van der Waals surface area contributed by atoms with E-state index in [2.05, 4.69) is 24.9 Å². The Hall–Kier alpha value is -0.610. The highest BCUT2D eigenvalue weighted by molar-refractivity contribution is 6.30. The second-order valence-corrected chi connectivity index (χ2v) is 6.85. The van der Waals surface area contributed by atoms with Gasteiger partial charge >= 0.3 is 0 Å². The lowest BCUT2D eigenvalue weighted by Gasteiger charge is -2.37. The lowest BCUT2D eigenvalue weighted by Crippen LogP contribution is -2.46. The fourth-order valence-corrected chi connectivity index (χ4v) is 3.69. The van der Waals surface area contributed by atoms with E-state index in [9.17, 15) is 5.11 Å². The SMILES string of the molecule is CCC(N)C(c1cccc(Cl)c1)N(C)CC1(O)CCCC1. The molecule has 0 amide bonds. The van der Waals surface area contributed by atoms with Crippen LogP contribution in [0.4, 0.5) is 0 Å². The zero-order valence-corrected chi connectivity index (χ0v) is 13.8. The number of nitrogens with two attached hydrogens (primary N) is 1. The van der Waals surface area contributed by atoms with Crippen molar-refractivity contribution in [2.45, 2.75) is 56.7 Å². The van der Waals surface area contributed by atoms with Gasteiger partial charge in [0.2, 0.25) is 0 Å². The first-order chi connectivity index (χ1) is 9.95. The largest absolute Gasteiger partial charge is 0.389 e. The van der Waals surface area contributed by atoms with Crippen LogP contribution in [0.25, 0.3) is 0 Å². The van der Waals surface area contributed by atoms with Gasteiger partial charge in [-0.2, -0.15) is 0 Å². The molecule has 4 heteroatoms. The van der Waals surface area contributed by atoms with Gasteiger partial charge in [0.1, 0.15) is 0 Å². The van der Waals surface area contributed by atoms with Gasteiger partial charge in [-0.05, 0) is 44.0 Å². The van der Waals surface area contributed by atoms with Gasteiger partial charge in [-0.3, -0.25) is 4.90 Å². The predicted molar refractivity (Wildman–Crippen MR) is 88.5 cm³/mol. The van der Waals surface area contributed by atoms with Crippen LogP contribution < -0.4 is 5.73 Å². The minimum absolute atomic E-state index is 0.0264. The molecule has 2 rings (SSSR count). The highest BCUT2D eigenvalue weighted by atomic mass is 35.5. The summed E-state index contributed by atoms with van der Waals surface area (Å²) in [5.41, 5.74) is 6.92. The number of hydrogen-bond acceptors (Lipinski definition) is 3. The molecule has 1 aromatic rings. The highest BCUT2D eigenvalue weighted by Gasteiger charge is 2.35. The summed E-state index contributed by atoms with van der Waals surface area (Å²) in [6.45, 7) is 2.76. The third-order valence-corrected chi connectivity index (χ3v) is 4.86. The molecule has 1 fully saturated rings. The van der Waals surface area contributed by atoms with Crippen LogP contribution in [0.1, 0.15) is 50.6 Å². The van der Waals surface area contributed by atoms with Crippen LogP contribution in [0.15, 0.2) is 24.3 Å². The van der Waals surface area contributed by atoms with Crippen molar-refractivity contribution < 1.29 is 5.11 Å². The van der Waals surface area contributed by atoms with Gasteiger partial charge in [-0.15, -0.1) is 0 Å². The molecule has 2 atom stereocenters.